The van der Waals surface area contributed by atoms with Crippen LogP contribution >= 0.6 is 0 Å². The predicted molar refractivity (Wildman–Crippen MR) is 142 cm³/mol. The van der Waals surface area contributed by atoms with Crippen LogP contribution in [0.1, 0.15) is 51.8 Å². The third kappa shape index (κ3) is 4.34. The SMILES string of the molecule is C#Cc1ccc2nc(-c3cccnc3N)n(-c3ccc4c(c3)CC[C@@H]4NC(=O)c3ccc(C(F)F)nc3)c2n1. The maximum Gasteiger partial charge on any atom is 0.280 e. The molecule has 0 fully saturated rings. The number of carbonyl (C=O) groups excluding carboxylic acids is 1. The van der Waals surface area contributed by atoms with Gasteiger partial charge >= 0.3 is 0 Å². The molecule has 0 radical (unpaired) electrons. The number of terminal acetylenes is 1. The van der Waals surface area contributed by atoms with Crippen LogP contribution < -0.4 is 11.1 Å². The van der Waals surface area contributed by atoms with Crippen LogP contribution in [0.15, 0.2) is 67.0 Å². The van der Waals surface area contributed by atoms with Crippen molar-refractivity contribution in [3.8, 4) is 29.4 Å². The van der Waals surface area contributed by atoms with Crippen molar-refractivity contribution < 1.29 is 13.6 Å². The van der Waals surface area contributed by atoms with Gasteiger partial charge in [-0.2, -0.15) is 0 Å². The zero-order valence-electron chi connectivity index (χ0n) is 20.5. The largest absolute Gasteiger partial charge is 0.383 e. The Bertz CT molecular complexity index is 1770. The number of aromatic nitrogens is 5. The molecule has 1 atom stereocenters. The van der Waals surface area contributed by atoms with Gasteiger partial charge in [0, 0.05) is 18.1 Å². The molecule has 4 heterocycles. The Morgan fingerprint density at radius 1 is 1.13 bits per heavy atom. The Kier molecular flexibility index (Phi) is 5.96. The fourth-order valence-electron chi connectivity index (χ4n) is 4.87. The quantitative estimate of drug-likeness (QED) is 0.322. The summed E-state index contributed by atoms with van der Waals surface area (Å²) in [5, 5.41) is 3.00. The number of rotatable bonds is 5. The molecule has 10 heteroatoms. The summed E-state index contributed by atoms with van der Waals surface area (Å²) in [4.78, 5) is 30.1. The lowest BCUT2D eigenvalue weighted by Crippen LogP contribution is -2.27. The van der Waals surface area contributed by atoms with Gasteiger partial charge < -0.3 is 11.1 Å². The van der Waals surface area contributed by atoms with E-state index in [0.29, 0.717) is 40.5 Å². The lowest BCUT2D eigenvalue weighted by Gasteiger charge is -2.16. The summed E-state index contributed by atoms with van der Waals surface area (Å²) in [6.45, 7) is 0. The molecule has 0 saturated heterocycles. The number of imidazole rings is 1. The van der Waals surface area contributed by atoms with Gasteiger partial charge in [0.1, 0.15) is 22.7 Å². The monoisotopic (exact) mass is 521 g/mol. The van der Waals surface area contributed by atoms with Gasteiger partial charge in [-0.3, -0.25) is 14.3 Å². The summed E-state index contributed by atoms with van der Waals surface area (Å²) in [6, 6.07) is 15.4. The van der Waals surface area contributed by atoms with Crippen molar-refractivity contribution in [2.75, 3.05) is 5.73 Å². The van der Waals surface area contributed by atoms with Crippen LogP contribution in [0.3, 0.4) is 0 Å². The molecule has 6 rings (SSSR count). The van der Waals surface area contributed by atoms with Crippen LogP contribution in [0.4, 0.5) is 14.6 Å². The van der Waals surface area contributed by atoms with Crippen molar-refractivity contribution in [2.45, 2.75) is 25.3 Å². The Morgan fingerprint density at radius 2 is 2.00 bits per heavy atom. The zero-order valence-corrected chi connectivity index (χ0v) is 20.5. The number of nitrogen functional groups attached to an aromatic ring is 1. The Balaban J connectivity index is 1.36. The van der Waals surface area contributed by atoms with E-state index < -0.39 is 6.43 Å². The molecule has 8 nitrogen and oxygen atoms in total. The van der Waals surface area contributed by atoms with Gasteiger partial charge in [0.15, 0.2) is 11.5 Å². The lowest BCUT2D eigenvalue weighted by molar-refractivity contribution is 0.0935. The number of benzene rings is 1. The molecule has 192 valence electrons. The number of alkyl halides is 2. The van der Waals surface area contributed by atoms with Crippen molar-refractivity contribution in [3.63, 3.8) is 0 Å². The summed E-state index contributed by atoms with van der Waals surface area (Å²) in [7, 11) is 0. The number of amides is 1. The Morgan fingerprint density at radius 3 is 2.74 bits per heavy atom. The van der Waals surface area contributed by atoms with Crippen LogP contribution in [-0.2, 0) is 6.42 Å². The number of hydrogen-bond acceptors (Lipinski definition) is 6. The number of pyridine rings is 3. The highest BCUT2D eigenvalue weighted by molar-refractivity contribution is 5.94. The van der Waals surface area contributed by atoms with Crippen LogP contribution in [0.25, 0.3) is 28.2 Å². The second kappa shape index (κ2) is 9.61. The second-order valence-electron chi connectivity index (χ2n) is 9.11. The first-order valence-corrected chi connectivity index (χ1v) is 12.2. The first-order chi connectivity index (χ1) is 18.9. The van der Waals surface area contributed by atoms with Gasteiger partial charge in [-0.25, -0.2) is 23.7 Å². The molecule has 1 amide bonds. The van der Waals surface area contributed by atoms with Gasteiger partial charge in [0.05, 0.1) is 17.2 Å². The van der Waals surface area contributed by atoms with Crippen LogP contribution in [-0.4, -0.2) is 30.4 Å². The molecule has 39 heavy (non-hydrogen) atoms. The van der Waals surface area contributed by atoms with Crippen LogP contribution in [0, 0.1) is 12.3 Å². The first kappa shape index (κ1) is 24.2. The molecule has 1 aliphatic rings. The first-order valence-electron chi connectivity index (χ1n) is 12.2. The van der Waals surface area contributed by atoms with Crippen molar-refractivity contribution in [3.05, 3.63) is 95.1 Å². The number of nitrogens with zero attached hydrogens (tertiary/aromatic N) is 5. The molecule has 0 aliphatic heterocycles. The Hall–Kier alpha value is -5.17. The molecule has 4 aromatic heterocycles. The highest BCUT2D eigenvalue weighted by Gasteiger charge is 2.26. The number of carbonyl (C=O) groups is 1. The third-order valence-electron chi connectivity index (χ3n) is 6.77. The van der Waals surface area contributed by atoms with Gasteiger partial charge in [0.25, 0.3) is 12.3 Å². The van der Waals surface area contributed by atoms with E-state index in [1.165, 1.54) is 12.3 Å². The molecule has 1 aromatic carbocycles. The normalized spacial score (nSPS) is 14.4. The Labute approximate surface area is 222 Å². The van der Waals surface area contributed by atoms with E-state index in [2.05, 4.69) is 26.2 Å². The molecule has 0 spiro atoms. The molecule has 3 N–H and O–H groups in total. The zero-order chi connectivity index (χ0) is 27.1. The minimum absolute atomic E-state index is 0.225. The minimum Gasteiger partial charge on any atom is -0.383 e. The molecular weight excluding hydrogens is 500 g/mol. The second-order valence-corrected chi connectivity index (χ2v) is 9.11. The molecule has 0 unspecified atom stereocenters. The number of anilines is 1. The fourth-order valence-corrected chi connectivity index (χ4v) is 4.87. The summed E-state index contributed by atoms with van der Waals surface area (Å²) in [6.07, 6.45) is 7.15. The van der Waals surface area contributed by atoms with Gasteiger partial charge in [0.2, 0.25) is 0 Å². The van der Waals surface area contributed by atoms with Gasteiger partial charge in [-0.1, -0.05) is 12.0 Å². The molecule has 1 aliphatic carbocycles. The smallest absolute Gasteiger partial charge is 0.280 e. The van der Waals surface area contributed by atoms with Gasteiger partial charge in [-0.15, -0.1) is 6.42 Å². The number of aryl methyl sites for hydroxylation is 1. The number of nitrogens with two attached hydrogens (primary N) is 1. The summed E-state index contributed by atoms with van der Waals surface area (Å²) >= 11 is 0. The summed E-state index contributed by atoms with van der Waals surface area (Å²) < 4.78 is 27.5. The lowest BCUT2D eigenvalue weighted by atomic mass is 10.1. The highest BCUT2D eigenvalue weighted by atomic mass is 19.3. The number of nitrogens with one attached hydrogen (secondary N) is 1. The van der Waals surface area contributed by atoms with Crippen molar-refractivity contribution >= 4 is 22.9 Å². The van der Waals surface area contributed by atoms with E-state index in [1.807, 2.05) is 34.9 Å². The summed E-state index contributed by atoms with van der Waals surface area (Å²) in [5.41, 5.74) is 11.3. The maximum atomic E-state index is 12.8. The fraction of sp³-hybridized carbons (Fsp3) is 0.138. The van der Waals surface area contributed by atoms with E-state index in [4.69, 9.17) is 17.1 Å². The van der Waals surface area contributed by atoms with E-state index in [-0.39, 0.29) is 23.2 Å². The standard InChI is InChI=1S/C29H21F2N7O/c1-2-18-7-12-24-28(35-18)38(27(36-24)21-4-3-13-33-26(21)32)19-8-9-20-16(14-19)5-10-22(20)37-29(39)17-6-11-23(25(30)31)34-15-17/h1,3-4,6-9,11-15,22,25H,5,10H2,(H2,32,33)(H,37,39)/t22-/m0/s1. The van der Waals surface area contributed by atoms with Crippen LogP contribution in [0.5, 0.6) is 0 Å². The van der Waals surface area contributed by atoms with Gasteiger partial charge in [-0.05, 0) is 72.5 Å². The van der Waals surface area contributed by atoms with E-state index in [0.717, 1.165) is 29.3 Å². The predicted octanol–water partition coefficient (Wildman–Crippen LogP) is 4.80. The van der Waals surface area contributed by atoms with Crippen molar-refractivity contribution in [1.82, 2.24) is 29.8 Å². The number of hydrogen-bond donors (Lipinski definition) is 2. The number of fused-ring (bicyclic) bond motifs is 2. The maximum absolute atomic E-state index is 12.8. The van der Waals surface area contributed by atoms with E-state index in [1.54, 1.807) is 18.3 Å². The summed E-state index contributed by atoms with van der Waals surface area (Å²) in [5.74, 6) is 3.13. The minimum atomic E-state index is -2.69. The average molecular weight is 522 g/mol. The van der Waals surface area contributed by atoms with Crippen molar-refractivity contribution in [2.24, 2.45) is 0 Å². The molecule has 5 aromatic rings. The average Bonchev–Trinajstić information content (AvgIpc) is 3.53. The van der Waals surface area contributed by atoms with E-state index in [9.17, 15) is 13.6 Å². The topological polar surface area (TPSA) is 112 Å². The molecule has 0 bridgehead atoms. The molecule has 0 saturated carbocycles. The third-order valence-corrected chi connectivity index (χ3v) is 6.77. The van der Waals surface area contributed by atoms with E-state index >= 15 is 0 Å². The molecular formula is C29H21F2N7O. The van der Waals surface area contributed by atoms with Crippen LogP contribution in [0.2, 0.25) is 0 Å². The van der Waals surface area contributed by atoms with Crippen molar-refractivity contribution in [1.29, 1.82) is 0 Å². The highest BCUT2D eigenvalue weighted by Crippen LogP contribution is 2.36. The number of halogens is 2.